The van der Waals surface area contributed by atoms with Gasteiger partial charge in [0.15, 0.2) is 5.82 Å². The molecule has 2 aromatic rings. The molecule has 1 atom stereocenters. The maximum Gasteiger partial charge on any atom is 0.238 e. The smallest absolute Gasteiger partial charge is 0.238 e. The van der Waals surface area contributed by atoms with E-state index < -0.39 is 0 Å². The molecule has 0 radical (unpaired) electrons. The van der Waals surface area contributed by atoms with Crippen LogP contribution in [0.25, 0.3) is 0 Å². The molecule has 128 valence electrons. The molecule has 0 fully saturated rings. The van der Waals surface area contributed by atoms with Crippen LogP contribution in [0.2, 0.25) is 0 Å². The molecule has 1 heterocycles. The number of hydrogen-bond donors (Lipinski definition) is 2. The number of hydrogen-bond acceptors (Lipinski definition) is 5. The van der Waals surface area contributed by atoms with Gasteiger partial charge in [0.05, 0.1) is 11.0 Å². The molecule has 2 amide bonds. The lowest BCUT2D eigenvalue weighted by Crippen LogP contribution is -2.25. The number of aryl methyl sites for hydroxylation is 2. The zero-order valence-corrected chi connectivity index (χ0v) is 16.5. The van der Waals surface area contributed by atoms with Crippen molar-refractivity contribution in [2.24, 2.45) is 0 Å². The summed E-state index contributed by atoms with van der Waals surface area (Å²) >= 11 is 3.49. The number of carbonyl (C=O) groups excluding carboxylic acids is 2. The normalized spacial score (nSPS) is 11.8. The van der Waals surface area contributed by atoms with Crippen molar-refractivity contribution >= 4 is 57.7 Å². The molecule has 0 aliphatic carbocycles. The number of anilines is 2. The predicted octanol–water partition coefficient (Wildman–Crippen LogP) is 3.59. The maximum atomic E-state index is 12.0. The van der Waals surface area contributed by atoms with Crippen molar-refractivity contribution in [1.82, 2.24) is 5.16 Å². The molecule has 1 aromatic carbocycles. The number of benzene rings is 1. The lowest BCUT2D eigenvalue weighted by molar-refractivity contribution is -0.115. The Kier molecular flexibility index (Phi) is 6.67. The first-order valence-electron chi connectivity index (χ1n) is 7.27. The third-order valence-corrected chi connectivity index (χ3v) is 4.99. The van der Waals surface area contributed by atoms with Gasteiger partial charge in [-0.25, -0.2) is 0 Å². The summed E-state index contributed by atoms with van der Waals surface area (Å²) in [5.41, 5.74) is 1.80. The third-order valence-electron chi connectivity index (χ3n) is 3.18. The SMILES string of the molecule is Cc1cc(NC(=O)C(C)SCC(=O)Nc2ccc(I)cc2C)no1. The molecule has 0 saturated heterocycles. The Morgan fingerprint density at radius 2 is 2.04 bits per heavy atom. The van der Waals surface area contributed by atoms with Crippen molar-refractivity contribution in [2.45, 2.75) is 26.0 Å². The highest BCUT2D eigenvalue weighted by Crippen LogP contribution is 2.19. The molecule has 6 nitrogen and oxygen atoms in total. The summed E-state index contributed by atoms with van der Waals surface area (Å²) in [6.45, 7) is 5.44. The van der Waals surface area contributed by atoms with Crippen LogP contribution in [0.3, 0.4) is 0 Å². The van der Waals surface area contributed by atoms with E-state index in [4.69, 9.17) is 4.52 Å². The fourth-order valence-electron chi connectivity index (χ4n) is 1.88. The van der Waals surface area contributed by atoms with E-state index in [0.717, 1.165) is 14.8 Å². The van der Waals surface area contributed by atoms with Crippen LogP contribution in [0.15, 0.2) is 28.8 Å². The largest absolute Gasteiger partial charge is 0.360 e. The molecule has 0 aliphatic heterocycles. The fraction of sp³-hybridized carbons (Fsp3) is 0.312. The Morgan fingerprint density at radius 1 is 1.29 bits per heavy atom. The first-order valence-corrected chi connectivity index (χ1v) is 9.39. The fourth-order valence-corrected chi connectivity index (χ4v) is 3.21. The van der Waals surface area contributed by atoms with E-state index in [2.05, 4.69) is 38.4 Å². The van der Waals surface area contributed by atoms with E-state index in [-0.39, 0.29) is 22.8 Å². The lowest BCUT2D eigenvalue weighted by atomic mass is 10.2. The molecule has 8 heteroatoms. The number of rotatable bonds is 6. The van der Waals surface area contributed by atoms with Gasteiger partial charge in [0.25, 0.3) is 0 Å². The molecule has 0 spiro atoms. The highest BCUT2D eigenvalue weighted by molar-refractivity contribution is 14.1. The maximum absolute atomic E-state index is 12.0. The summed E-state index contributed by atoms with van der Waals surface area (Å²) < 4.78 is 6.01. The van der Waals surface area contributed by atoms with Crippen molar-refractivity contribution in [1.29, 1.82) is 0 Å². The predicted molar refractivity (Wildman–Crippen MR) is 104 cm³/mol. The summed E-state index contributed by atoms with van der Waals surface area (Å²) in [6, 6.07) is 7.45. The van der Waals surface area contributed by atoms with Crippen molar-refractivity contribution in [3.05, 3.63) is 39.2 Å². The van der Waals surface area contributed by atoms with Gasteiger partial charge < -0.3 is 15.2 Å². The van der Waals surface area contributed by atoms with Crippen LogP contribution in [0, 0.1) is 17.4 Å². The number of nitrogens with one attached hydrogen (secondary N) is 2. The molecule has 1 unspecified atom stereocenters. The van der Waals surface area contributed by atoms with Gasteiger partial charge in [0.2, 0.25) is 11.8 Å². The van der Waals surface area contributed by atoms with Crippen LogP contribution < -0.4 is 10.6 Å². The Hall–Kier alpha value is -1.55. The van der Waals surface area contributed by atoms with Crippen LogP contribution in [0.4, 0.5) is 11.5 Å². The Morgan fingerprint density at radius 3 is 2.67 bits per heavy atom. The topological polar surface area (TPSA) is 84.2 Å². The molecule has 24 heavy (non-hydrogen) atoms. The van der Waals surface area contributed by atoms with E-state index in [1.165, 1.54) is 11.8 Å². The second kappa shape index (κ2) is 8.52. The van der Waals surface area contributed by atoms with E-state index in [9.17, 15) is 9.59 Å². The van der Waals surface area contributed by atoms with Gasteiger partial charge in [-0.15, -0.1) is 11.8 Å². The van der Waals surface area contributed by atoms with Gasteiger partial charge in [-0.05, 0) is 67.1 Å². The Labute approximate surface area is 158 Å². The molecular formula is C16H18IN3O3S. The summed E-state index contributed by atoms with van der Waals surface area (Å²) in [5.74, 6) is 0.840. The monoisotopic (exact) mass is 459 g/mol. The van der Waals surface area contributed by atoms with Crippen molar-refractivity contribution < 1.29 is 14.1 Å². The minimum absolute atomic E-state index is 0.138. The molecule has 2 rings (SSSR count). The first kappa shape index (κ1) is 18.8. The Balaban J connectivity index is 1.81. The van der Waals surface area contributed by atoms with E-state index in [1.807, 2.05) is 25.1 Å². The van der Waals surface area contributed by atoms with E-state index >= 15 is 0 Å². The molecular weight excluding hydrogens is 441 g/mol. The molecule has 0 aliphatic rings. The average Bonchev–Trinajstić information content (AvgIpc) is 2.92. The number of halogens is 1. The highest BCUT2D eigenvalue weighted by Gasteiger charge is 2.17. The summed E-state index contributed by atoms with van der Waals surface area (Å²) in [5, 5.41) is 8.84. The van der Waals surface area contributed by atoms with Gasteiger partial charge >= 0.3 is 0 Å². The highest BCUT2D eigenvalue weighted by atomic mass is 127. The average molecular weight is 459 g/mol. The van der Waals surface area contributed by atoms with Gasteiger partial charge in [-0.2, -0.15) is 0 Å². The van der Waals surface area contributed by atoms with Crippen LogP contribution in [-0.4, -0.2) is 28.0 Å². The number of nitrogens with zero attached hydrogens (tertiary/aromatic N) is 1. The first-order chi connectivity index (χ1) is 11.3. The minimum atomic E-state index is -0.384. The van der Waals surface area contributed by atoms with Gasteiger partial charge in [-0.1, -0.05) is 5.16 Å². The van der Waals surface area contributed by atoms with Gasteiger partial charge in [0.1, 0.15) is 5.76 Å². The van der Waals surface area contributed by atoms with Crippen LogP contribution in [0.5, 0.6) is 0 Å². The second-order valence-corrected chi connectivity index (χ2v) is 7.85. The molecule has 1 aromatic heterocycles. The summed E-state index contributed by atoms with van der Waals surface area (Å²) in [6.07, 6.45) is 0. The second-order valence-electron chi connectivity index (χ2n) is 5.27. The quantitative estimate of drug-likeness (QED) is 0.646. The zero-order valence-electron chi connectivity index (χ0n) is 13.6. The number of aromatic nitrogens is 1. The number of thioether (sulfide) groups is 1. The number of amides is 2. The van der Waals surface area contributed by atoms with E-state index in [0.29, 0.717) is 11.6 Å². The Bertz CT molecular complexity index is 748. The third kappa shape index (κ3) is 5.52. The van der Waals surface area contributed by atoms with Gasteiger partial charge in [0, 0.05) is 15.3 Å². The van der Waals surface area contributed by atoms with Gasteiger partial charge in [-0.3, -0.25) is 9.59 Å². The molecule has 2 N–H and O–H groups in total. The van der Waals surface area contributed by atoms with Crippen molar-refractivity contribution in [3.8, 4) is 0 Å². The van der Waals surface area contributed by atoms with Crippen LogP contribution in [-0.2, 0) is 9.59 Å². The van der Waals surface area contributed by atoms with Crippen LogP contribution >= 0.6 is 34.4 Å². The summed E-state index contributed by atoms with van der Waals surface area (Å²) in [7, 11) is 0. The molecule has 0 bridgehead atoms. The molecule has 0 saturated carbocycles. The standard InChI is InChI=1S/C16H18IN3O3S/c1-9-6-12(17)4-5-13(9)18-15(21)8-24-11(3)16(22)19-14-7-10(2)23-20-14/h4-7,11H,8H2,1-3H3,(H,18,21)(H,19,20,22). The summed E-state index contributed by atoms with van der Waals surface area (Å²) in [4.78, 5) is 24.1. The lowest BCUT2D eigenvalue weighted by Gasteiger charge is -2.12. The van der Waals surface area contributed by atoms with Crippen molar-refractivity contribution in [2.75, 3.05) is 16.4 Å². The van der Waals surface area contributed by atoms with E-state index in [1.54, 1.807) is 19.9 Å². The minimum Gasteiger partial charge on any atom is -0.360 e. The zero-order chi connectivity index (χ0) is 17.7. The van der Waals surface area contributed by atoms with Crippen LogP contribution in [0.1, 0.15) is 18.2 Å². The van der Waals surface area contributed by atoms with Crippen molar-refractivity contribution in [3.63, 3.8) is 0 Å². The number of carbonyl (C=O) groups is 2.